The summed E-state index contributed by atoms with van der Waals surface area (Å²) in [6.07, 6.45) is 6.86. The van der Waals surface area contributed by atoms with Gasteiger partial charge >= 0.3 is 0 Å². The molecule has 1 aliphatic heterocycles. The number of carbonyl (C=O) groups excluding carboxylic acids is 1. The Morgan fingerprint density at radius 2 is 1.79 bits per heavy atom. The molecule has 1 saturated carbocycles. The molecule has 0 amide bonds. The first-order valence-corrected chi connectivity index (χ1v) is 8.09. The second kappa shape index (κ2) is 5.55. The van der Waals surface area contributed by atoms with Crippen molar-refractivity contribution in [3.05, 3.63) is 0 Å². The third-order valence-corrected chi connectivity index (χ3v) is 5.70. The molecular formula is C17H31NO. The Balaban J connectivity index is 1.86. The van der Waals surface area contributed by atoms with Crippen LogP contribution in [0.1, 0.15) is 66.2 Å². The fourth-order valence-electron chi connectivity index (χ4n) is 3.66. The fraction of sp³-hybridized carbons (Fsp3) is 0.941. The van der Waals surface area contributed by atoms with Gasteiger partial charge in [0.25, 0.3) is 0 Å². The molecule has 0 N–H and O–H groups in total. The Hall–Kier alpha value is -0.370. The van der Waals surface area contributed by atoms with Gasteiger partial charge in [-0.25, -0.2) is 0 Å². The summed E-state index contributed by atoms with van der Waals surface area (Å²) in [6, 6.07) is 0. The van der Waals surface area contributed by atoms with Gasteiger partial charge in [-0.2, -0.15) is 0 Å². The van der Waals surface area contributed by atoms with Crippen LogP contribution in [0.25, 0.3) is 0 Å². The summed E-state index contributed by atoms with van der Waals surface area (Å²) < 4.78 is 0. The summed E-state index contributed by atoms with van der Waals surface area (Å²) in [6.45, 7) is 12.8. The Labute approximate surface area is 118 Å². The molecule has 19 heavy (non-hydrogen) atoms. The van der Waals surface area contributed by atoms with Crippen LogP contribution in [0.2, 0.25) is 0 Å². The van der Waals surface area contributed by atoms with Crippen LogP contribution >= 0.6 is 0 Å². The van der Waals surface area contributed by atoms with Gasteiger partial charge < -0.3 is 4.90 Å². The maximum Gasteiger partial charge on any atom is 0.137 e. The first-order chi connectivity index (χ1) is 8.84. The predicted molar refractivity (Wildman–Crippen MR) is 80.2 cm³/mol. The number of hydrogen-bond acceptors (Lipinski definition) is 2. The molecule has 1 saturated heterocycles. The molecule has 2 nitrogen and oxygen atoms in total. The van der Waals surface area contributed by atoms with E-state index in [-0.39, 0.29) is 0 Å². The van der Waals surface area contributed by atoms with E-state index in [1.165, 1.54) is 32.4 Å². The molecule has 2 heteroatoms. The number of Topliss-reactive ketones (excluding diaryl/α,β-unsaturated/α-hetero) is 1. The van der Waals surface area contributed by atoms with Gasteiger partial charge in [-0.1, -0.05) is 34.1 Å². The van der Waals surface area contributed by atoms with Crippen LogP contribution in [0.5, 0.6) is 0 Å². The number of nitrogens with zero attached hydrogens (tertiary/aromatic N) is 1. The van der Waals surface area contributed by atoms with Crippen LogP contribution < -0.4 is 0 Å². The molecule has 0 bridgehead atoms. The number of piperidine rings is 1. The molecule has 1 aliphatic carbocycles. The largest absolute Gasteiger partial charge is 0.303 e. The van der Waals surface area contributed by atoms with E-state index >= 15 is 0 Å². The molecule has 0 radical (unpaired) electrons. The quantitative estimate of drug-likeness (QED) is 0.771. The summed E-state index contributed by atoms with van der Waals surface area (Å²) in [5.41, 5.74) is 0.915. The third-order valence-electron chi connectivity index (χ3n) is 5.70. The van der Waals surface area contributed by atoms with Crippen molar-refractivity contribution < 1.29 is 4.79 Å². The van der Waals surface area contributed by atoms with E-state index in [1.807, 2.05) is 0 Å². The van der Waals surface area contributed by atoms with E-state index in [0.717, 1.165) is 25.8 Å². The number of hydrogen-bond donors (Lipinski definition) is 0. The van der Waals surface area contributed by atoms with Gasteiger partial charge in [0.15, 0.2) is 0 Å². The van der Waals surface area contributed by atoms with Crippen LogP contribution in [-0.2, 0) is 4.79 Å². The Kier molecular flexibility index (Phi) is 4.39. The van der Waals surface area contributed by atoms with Crippen LogP contribution in [0.15, 0.2) is 0 Å². The first-order valence-electron chi connectivity index (χ1n) is 8.09. The van der Waals surface area contributed by atoms with Crippen molar-refractivity contribution in [2.75, 3.05) is 19.6 Å². The van der Waals surface area contributed by atoms with Crippen molar-refractivity contribution in [3.63, 3.8) is 0 Å². The Morgan fingerprint density at radius 3 is 2.37 bits per heavy atom. The lowest BCUT2D eigenvalue weighted by Crippen LogP contribution is -2.44. The molecule has 1 atom stereocenters. The van der Waals surface area contributed by atoms with Gasteiger partial charge in [-0.15, -0.1) is 0 Å². The maximum atomic E-state index is 12.1. The Bertz CT molecular complexity index is 326. The molecular weight excluding hydrogens is 234 g/mol. The molecule has 2 aliphatic rings. The van der Waals surface area contributed by atoms with Crippen molar-refractivity contribution in [3.8, 4) is 0 Å². The lowest BCUT2D eigenvalue weighted by molar-refractivity contribution is -0.128. The molecule has 2 rings (SSSR count). The zero-order valence-electron chi connectivity index (χ0n) is 13.3. The molecule has 0 aromatic rings. The summed E-state index contributed by atoms with van der Waals surface area (Å²) in [5.74, 6) is 0.817. The van der Waals surface area contributed by atoms with E-state index in [1.54, 1.807) is 0 Å². The van der Waals surface area contributed by atoms with Gasteiger partial charge in [0.05, 0.1) is 0 Å². The van der Waals surface area contributed by atoms with Crippen LogP contribution in [0.4, 0.5) is 0 Å². The van der Waals surface area contributed by atoms with Gasteiger partial charge in [-0.3, -0.25) is 4.79 Å². The highest BCUT2D eigenvalue weighted by atomic mass is 16.1. The standard InChI is InChI=1S/C17H31NO/c1-5-17(4)8-10-18(11-9-17)13-14-12-16(2,3)7-6-15(14)19/h14H,5-13H2,1-4H3. The van der Waals surface area contributed by atoms with Crippen LogP contribution in [0, 0.1) is 16.7 Å². The lowest BCUT2D eigenvalue weighted by Gasteiger charge is -2.42. The second-order valence-electron chi connectivity index (χ2n) is 8.00. The maximum absolute atomic E-state index is 12.1. The average molecular weight is 265 g/mol. The van der Waals surface area contributed by atoms with Gasteiger partial charge in [0, 0.05) is 18.9 Å². The second-order valence-corrected chi connectivity index (χ2v) is 8.00. The molecule has 1 unspecified atom stereocenters. The monoisotopic (exact) mass is 265 g/mol. The van der Waals surface area contributed by atoms with Crippen LogP contribution in [0.3, 0.4) is 0 Å². The zero-order valence-corrected chi connectivity index (χ0v) is 13.3. The van der Waals surface area contributed by atoms with Crippen molar-refractivity contribution in [2.24, 2.45) is 16.7 Å². The highest BCUT2D eigenvalue weighted by molar-refractivity contribution is 5.82. The molecule has 0 spiro atoms. The number of likely N-dealkylation sites (tertiary alicyclic amines) is 1. The number of ketones is 1. The van der Waals surface area contributed by atoms with Gasteiger partial charge in [-0.05, 0) is 49.6 Å². The van der Waals surface area contributed by atoms with Crippen molar-refractivity contribution in [2.45, 2.75) is 66.2 Å². The molecule has 2 fully saturated rings. The minimum Gasteiger partial charge on any atom is -0.303 e. The molecule has 1 heterocycles. The first kappa shape index (κ1) is 15.0. The van der Waals surface area contributed by atoms with Crippen LogP contribution in [-0.4, -0.2) is 30.3 Å². The molecule has 0 aromatic carbocycles. The smallest absolute Gasteiger partial charge is 0.137 e. The fourth-order valence-corrected chi connectivity index (χ4v) is 3.66. The Morgan fingerprint density at radius 1 is 1.16 bits per heavy atom. The minimum absolute atomic E-state index is 0.301. The van der Waals surface area contributed by atoms with Crippen molar-refractivity contribution >= 4 is 5.78 Å². The van der Waals surface area contributed by atoms with Gasteiger partial charge in [0.2, 0.25) is 0 Å². The third kappa shape index (κ3) is 3.81. The van der Waals surface area contributed by atoms with E-state index in [2.05, 4.69) is 32.6 Å². The minimum atomic E-state index is 0.301. The molecule has 0 aromatic heterocycles. The normalized spacial score (nSPS) is 31.4. The topological polar surface area (TPSA) is 20.3 Å². The SMILES string of the molecule is CCC1(C)CCN(CC2CC(C)(C)CCC2=O)CC1. The van der Waals surface area contributed by atoms with E-state index in [9.17, 15) is 4.79 Å². The van der Waals surface area contributed by atoms with Gasteiger partial charge in [0.1, 0.15) is 5.78 Å². The number of rotatable bonds is 3. The molecule has 110 valence electrons. The summed E-state index contributed by atoms with van der Waals surface area (Å²) >= 11 is 0. The number of carbonyl (C=O) groups is 1. The highest BCUT2D eigenvalue weighted by Gasteiger charge is 2.36. The van der Waals surface area contributed by atoms with E-state index in [4.69, 9.17) is 0 Å². The van der Waals surface area contributed by atoms with E-state index in [0.29, 0.717) is 22.5 Å². The van der Waals surface area contributed by atoms with Crippen molar-refractivity contribution in [1.29, 1.82) is 0 Å². The lowest BCUT2D eigenvalue weighted by atomic mass is 9.71. The summed E-state index contributed by atoms with van der Waals surface area (Å²) in [5, 5.41) is 0. The van der Waals surface area contributed by atoms with Crippen molar-refractivity contribution in [1.82, 2.24) is 4.90 Å². The average Bonchev–Trinajstić information content (AvgIpc) is 2.37. The summed E-state index contributed by atoms with van der Waals surface area (Å²) in [4.78, 5) is 14.7. The summed E-state index contributed by atoms with van der Waals surface area (Å²) in [7, 11) is 0. The van der Waals surface area contributed by atoms with E-state index < -0.39 is 0 Å². The predicted octanol–water partition coefficient (Wildman–Crippen LogP) is 3.89. The zero-order chi connectivity index (χ0) is 14.1. The highest BCUT2D eigenvalue weighted by Crippen LogP contribution is 2.38.